The number of hydrogen-bond donors (Lipinski definition) is 3. The van der Waals surface area contributed by atoms with E-state index in [9.17, 15) is 14.4 Å². The molecule has 0 saturated carbocycles. The molecule has 25 heavy (non-hydrogen) atoms. The number of benzene rings is 2. The Morgan fingerprint density at radius 1 is 0.960 bits per heavy atom. The summed E-state index contributed by atoms with van der Waals surface area (Å²) >= 11 is 3.28. The molecule has 0 bridgehead atoms. The van der Waals surface area contributed by atoms with Gasteiger partial charge in [0.1, 0.15) is 5.75 Å². The number of methoxy groups -OCH3 is 1. The third-order valence-corrected chi connectivity index (χ3v) is 3.66. The van der Waals surface area contributed by atoms with E-state index in [0.717, 1.165) is 0 Å². The van der Waals surface area contributed by atoms with E-state index < -0.39 is 11.8 Å². The van der Waals surface area contributed by atoms with E-state index in [1.807, 2.05) is 0 Å². The molecule has 0 spiro atoms. The fourth-order valence-electron chi connectivity index (χ4n) is 2.02. The summed E-state index contributed by atoms with van der Waals surface area (Å²) in [7, 11) is 1.45. The number of hydrazine groups is 1. The normalized spacial score (nSPS) is 9.88. The Bertz CT molecular complexity index is 806. The average Bonchev–Trinajstić information content (AvgIpc) is 2.59. The van der Waals surface area contributed by atoms with Crippen LogP contribution in [0.1, 0.15) is 27.6 Å². The maximum Gasteiger partial charge on any atom is 0.273 e. The molecule has 0 atom stereocenters. The second kappa shape index (κ2) is 8.29. The third kappa shape index (κ3) is 5.05. The van der Waals surface area contributed by atoms with E-state index in [2.05, 4.69) is 32.1 Å². The van der Waals surface area contributed by atoms with Gasteiger partial charge in [0.15, 0.2) is 0 Å². The van der Waals surface area contributed by atoms with E-state index in [4.69, 9.17) is 4.74 Å². The smallest absolute Gasteiger partial charge is 0.273 e. The number of ether oxygens (including phenoxy) is 1. The molecule has 0 heterocycles. The third-order valence-electron chi connectivity index (χ3n) is 3.16. The predicted molar refractivity (Wildman–Crippen MR) is 96.4 cm³/mol. The summed E-state index contributed by atoms with van der Waals surface area (Å²) in [6.45, 7) is 1.40. The zero-order chi connectivity index (χ0) is 18.4. The van der Waals surface area contributed by atoms with Gasteiger partial charge in [-0.15, -0.1) is 0 Å². The fourth-order valence-corrected chi connectivity index (χ4v) is 2.38. The lowest BCUT2D eigenvalue weighted by Crippen LogP contribution is -2.41. The molecular weight excluding hydrogens is 390 g/mol. The van der Waals surface area contributed by atoms with Crippen LogP contribution in [-0.4, -0.2) is 24.8 Å². The molecule has 2 aromatic carbocycles. The first-order chi connectivity index (χ1) is 11.9. The molecule has 0 saturated heterocycles. The largest absolute Gasteiger partial charge is 0.496 e. The monoisotopic (exact) mass is 405 g/mol. The molecule has 0 radical (unpaired) electrons. The first-order valence-electron chi connectivity index (χ1n) is 7.22. The number of amides is 3. The molecule has 0 aliphatic carbocycles. The molecule has 3 amide bonds. The Balaban J connectivity index is 2.01. The van der Waals surface area contributed by atoms with Gasteiger partial charge in [0.05, 0.1) is 12.7 Å². The molecule has 7 nitrogen and oxygen atoms in total. The number of carbonyl (C=O) groups is 3. The zero-order valence-corrected chi connectivity index (χ0v) is 15.1. The van der Waals surface area contributed by atoms with Crippen molar-refractivity contribution in [3.8, 4) is 5.75 Å². The van der Waals surface area contributed by atoms with Gasteiger partial charge >= 0.3 is 0 Å². The summed E-state index contributed by atoms with van der Waals surface area (Å²) in [4.78, 5) is 35.3. The van der Waals surface area contributed by atoms with Crippen LogP contribution < -0.4 is 20.9 Å². The van der Waals surface area contributed by atoms with Crippen molar-refractivity contribution in [1.82, 2.24) is 10.9 Å². The van der Waals surface area contributed by atoms with E-state index in [0.29, 0.717) is 21.5 Å². The number of carbonyl (C=O) groups excluding carboxylic acids is 3. The van der Waals surface area contributed by atoms with Gasteiger partial charge in [-0.05, 0) is 42.5 Å². The molecule has 0 aromatic heterocycles. The minimum atomic E-state index is -0.513. The highest BCUT2D eigenvalue weighted by molar-refractivity contribution is 9.10. The second-order valence-electron chi connectivity index (χ2n) is 5.01. The lowest BCUT2D eigenvalue weighted by molar-refractivity contribution is -0.114. The number of hydrogen-bond acceptors (Lipinski definition) is 4. The molecule has 0 unspecified atom stereocenters. The molecule has 2 aromatic rings. The van der Waals surface area contributed by atoms with Crippen LogP contribution in [0.25, 0.3) is 0 Å². The number of halogens is 1. The van der Waals surface area contributed by atoms with Crippen molar-refractivity contribution in [2.24, 2.45) is 0 Å². The quantitative estimate of drug-likeness (QED) is 0.680. The maximum atomic E-state index is 12.2. The van der Waals surface area contributed by atoms with Gasteiger partial charge in [0.25, 0.3) is 11.8 Å². The van der Waals surface area contributed by atoms with Gasteiger partial charge in [-0.1, -0.05) is 15.9 Å². The molecular formula is C17H16BrN3O4. The number of anilines is 1. The lowest BCUT2D eigenvalue weighted by atomic mass is 10.2. The van der Waals surface area contributed by atoms with Gasteiger partial charge in [-0.3, -0.25) is 25.2 Å². The molecule has 0 aliphatic rings. The summed E-state index contributed by atoms with van der Waals surface area (Å²) in [5.41, 5.74) is 5.85. The van der Waals surface area contributed by atoms with Crippen LogP contribution in [-0.2, 0) is 4.79 Å². The van der Waals surface area contributed by atoms with Crippen molar-refractivity contribution in [1.29, 1.82) is 0 Å². The summed E-state index contributed by atoms with van der Waals surface area (Å²) in [6, 6.07) is 11.2. The van der Waals surface area contributed by atoms with Crippen LogP contribution in [0.2, 0.25) is 0 Å². The highest BCUT2D eigenvalue weighted by Crippen LogP contribution is 2.22. The summed E-state index contributed by atoms with van der Waals surface area (Å²) < 4.78 is 5.84. The highest BCUT2D eigenvalue weighted by atomic mass is 79.9. The number of nitrogens with one attached hydrogen (secondary N) is 3. The van der Waals surface area contributed by atoms with E-state index >= 15 is 0 Å². The Kier molecular flexibility index (Phi) is 6.13. The summed E-state index contributed by atoms with van der Waals surface area (Å²) in [5, 5.41) is 2.60. The van der Waals surface area contributed by atoms with Crippen LogP contribution in [0.15, 0.2) is 46.9 Å². The highest BCUT2D eigenvalue weighted by Gasteiger charge is 2.14. The first-order valence-corrected chi connectivity index (χ1v) is 8.02. The Labute approximate surface area is 152 Å². The Morgan fingerprint density at radius 2 is 1.60 bits per heavy atom. The van der Waals surface area contributed by atoms with Crippen LogP contribution in [0.3, 0.4) is 0 Å². The minimum Gasteiger partial charge on any atom is -0.496 e. The van der Waals surface area contributed by atoms with E-state index in [1.54, 1.807) is 30.3 Å². The van der Waals surface area contributed by atoms with Crippen LogP contribution in [0, 0.1) is 0 Å². The molecule has 3 N–H and O–H groups in total. The molecule has 130 valence electrons. The standard InChI is InChI=1S/C17H16BrN3O4/c1-10(22)19-13-6-3-11(4-7-13)16(23)20-21-17(24)14-9-12(18)5-8-15(14)25-2/h3-9H,1-2H3,(H,19,22)(H,20,23)(H,21,24). The summed E-state index contributed by atoms with van der Waals surface area (Å²) in [6.07, 6.45) is 0. The van der Waals surface area contributed by atoms with Gasteiger partial charge in [0.2, 0.25) is 5.91 Å². The summed E-state index contributed by atoms with van der Waals surface area (Å²) in [5.74, 6) is -0.819. The minimum absolute atomic E-state index is 0.201. The van der Waals surface area contributed by atoms with Crippen LogP contribution in [0.5, 0.6) is 5.75 Å². The van der Waals surface area contributed by atoms with E-state index in [1.165, 1.54) is 26.2 Å². The topological polar surface area (TPSA) is 96.5 Å². The Hall–Kier alpha value is -2.87. The Morgan fingerprint density at radius 3 is 2.20 bits per heavy atom. The van der Waals surface area contributed by atoms with Crippen molar-refractivity contribution in [2.75, 3.05) is 12.4 Å². The van der Waals surface area contributed by atoms with Gasteiger partial charge in [-0.2, -0.15) is 0 Å². The number of rotatable bonds is 4. The predicted octanol–water partition coefficient (Wildman–Crippen LogP) is 2.49. The van der Waals surface area contributed by atoms with E-state index in [-0.39, 0.29) is 11.5 Å². The molecule has 0 fully saturated rings. The van der Waals surface area contributed by atoms with Gasteiger partial charge < -0.3 is 10.1 Å². The van der Waals surface area contributed by atoms with Gasteiger partial charge in [-0.25, -0.2) is 0 Å². The SMILES string of the molecule is COc1ccc(Br)cc1C(=O)NNC(=O)c1ccc(NC(C)=O)cc1. The van der Waals surface area contributed by atoms with Crippen molar-refractivity contribution in [3.05, 3.63) is 58.1 Å². The fraction of sp³-hybridized carbons (Fsp3) is 0.118. The first kappa shape index (κ1) is 18.5. The molecule has 0 aliphatic heterocycles. The van der Waals surface area contributed by atoms with Gasteiger partial charge in [0, 0.05) is 22.6 Å². The van der Waals surface area contributed by atoms with Crippen molar-refractivity contribution in [3.63, 3.8) is 0 Å². The van der Waals surface area contributed by atoms with Crippen LogP contribution in [0.4, 0.5) is 5.69 Å². The second-order valence-corrected chi connectivity index (χ2v) is 5.93. The van der Waals surface area contributed by atoms with Crippen molar-refractivity contribution >= 4 is 39.3 Å². The molecule has 2 rings (SSSR count). The molecule has 8 heteroatoms. The maximum absolute atomic E-state index is 12.2. The van der Waals surface area contributed by atoms with Crippen LogP contribution >= 0.6 is 15.9 Å². The lowest BCUT2D eigenvalue weighted by Gasteiger charge is -2.11. The zero-order valence-electron chi connectivity index (χ0n) is 13.6. The van der Waals surface area contributed by atoms with Crippen molar-refractivity contribution in [2.45, 2.75) is 6.92 Å². The van der Waals surface area contributed by atoms with Crippen molar-refractivity contribution < 1.29 is 19.1 Å². The average molecular weight is 406 g/mol.